The second-order valence-corrected chi connectivity index (χ2v) is 8.18. The van der Waals surface area contributed by atoms with Gasteiger partial charge in [-0.25, -0.2) is 14.8 Å². The number of piperazine rings is 1. The molecule has 0 spiro atoms. The van der Waals surface area contributed by atoms with Crippen LogP contribution in [0.5, 0.6) is 0 Å². The normalized spacial score (nSPS) is 16.5. The van der Waals surface area contributed by atoms with E-state index in [1.54, 1.807) is 12.3 Å². The Balaban J connectivity index is 1.28. The second kappa shape index (κ2) is 9.90. The minimum atomic E-state index is -0.635. The zero-order valence-electron chi connectivity index (χ0n) is 18.1. The maximum Gasteiger partial charge on any atom is 0.320 e. The first-order valence-electron chi connectivity index (χ1n) is 10.9. The molecule has 2 aliphatic rings. The first-order chi connectivity index (χ1) is 15.5. The number of carbonyl (C=O) groups excluding carboxylic acids is 2. The summed E-state index contributed by atoms with van der Waals surface area (Å²) >= 11 is 0. The van der Waals surface area contributed by atoms with Gasteiger partial charge in [-0.15, -0.1) is 0 Å². The summed E-state index contributed by atoms with van der Waals surface area (Å²) in [5.74, 6) is 0.103. The second-order valence-electron chi connectivity index (χ2n) is 8.18. The highest BCUT2D eigenvalue weighted by Gasteiger charge is 2.22. The number of nitrogens with one attached hydrogen (secondary N) is 3. The summed E-state index contributed by atoms with van der Waals surface area (Å²) < 4.78 is 14.4. The number of amides is 3. The number of carbonyl (C=O) groups is 2. The van der Waals surface area contributed by atoms with Crippen LogP contribution in [0.25, 0.3) is 0 Å². The van der Waals surface area contributed by atoms with Gasteiger partial charge in [0.05, 0.1) is 5.69 Å². The van der Waals surface area contributed by atoms with Gasteiger partial charge in [0.25, 0.3) is 5.91 Å². The molecular weight excluding hydrogens is 413 g/mol. The molecule has 3 heterocycles. The van der Waals surface area contributed by atoms with E-state index in [1.807, 2.05) is 17.0 Å². The van der Waals surface area contributed by atoms with Gasteiger partial charge < -0.3 is 15.5 Å². The molecule has 1 saturated carbocycles. The Labute approximate surface area is 186 Å². The number of nitrogens with zero attached hydrogens (tertiary/aromatic N) is 4. The highest BCUT2D eigenvalue weighted by atomic mass is 19.1. The fourth-order valence-electron chi connectivity index (χ4n) is 3.68. The lowest BCUT2D eigenvalue weighted by molar-refractivity contribution is 0.0957. The van der Waals surface area contributed by atoms with E-state index in [9.17, 15) is 14.0 Å². The van der Waals surface area contributed by atoms with E-state index in [2.05, 4.69) is 30.8 Å². The summed E-state index contributed by atoms with van der Waals surface area (Å²) in [4.78, 5) is 35.8. The summed E-state index contributed by atoms with van der Waals surface area (Å²) in [6.45, 7) is 4.23. The van der Waals surface area contributed by atoms with Crippen LogP contribution in [-0.2, 0) is 6.54 Å². The molecule has 0 atom stereocenters. The third-order valence-corrected chi connectivity index (χ3v) is 5.72. The highest BCUT2D eigenvalue weighted by molar-refractivity contribution is 5.92. The number of pyridine rings is 2. The zero-order chi connectivity index (χ0) is 22.5. The molecule has 2 aromatic rings. The molecule has 9 nitrogen and oxygen atoms in total. The van der Waals surface area contributed by atoms with Crippen LogP contribution in [0.2, 0.25) is 0 Å². The van der Waals surface area contributed by atoms with E-state index in [4.69, 9.17) is 0 Å². The van der Waals surface area contributed by atoms with Gasteiger partial charge in [-0.1, -0.05) is 0 Å². The van der Waals surface area contributed by atoms with Crippen LogP contribution in [-0.4, -0.2) is 66.6 Å². The summed E-state index contributed by atoms with van der Waals surface area (Å²) in [7, 11) is 1.49. The molecule has 1 aliphatic carbocycles. The molecule has 3 amide bonds. The fourth-order valence-corrected chi connectivity index (χ4v) is 3.68. The molecule has 1 aliphatic heterocycles. The van der Waals surface area contributed by atoms with Crippen LogP contribution in [0.15, 0.2) is 30.5 Å². The predicted octanol–water partition coefficient (Wildman–Crippen LogP) is 1.83. The molecule has 170 valence electrons. The number of halogens is 1. The van der Waals surface area contributed by atoms with Crippen molar-refractivity contribution in [3.63, 3.8) is 0 Å². The van der Waals surface area contributed by atoms with Crippen LogP contribution >= 0.6 is 0 Å². The fraction of sp³-hybridized carbons (Fsp3) is 0.455. The molecule has 0 bridgehead atoms. The molecule has 4 rings (SSSR count). The van der Waals surface area contributed by atoms with Crippen molar-refractivity contribution in [1.29, 1.82) is 0 Å². The molecule has 2 aromatic heterocycles. The number of rotatable bonds is 7. The average molecular weight is 442 g/mol. The maximum atomic E-state index is 14.4. The first kappa shape index (κ1) is 21.9. The van der Waals surface area contributed by atoms with Crippen molar-refractivity contribution in [2.45, 2.75) is 19.4 Å². The van der Waals surface area contributed by atoms with Crippen LogP contribution < -0.4 is 20.9 Å². The van der Waals surface area contributed by atoms with Crippen molar-refractivity contribution in [3.8, 4) is 0 Å². The Morgan fingerprint density at radius 3 is 2.62 bits per heavy atom. The van der Waals surface area contributed by atoms with Crippen LogP contribution in [0, 0.1) is 11.9 Å². The molecule has 3 N–H and O–H groups in total. The Kier molecular flexibility index (Phi) is 6.79. The molecule has 2 fully saturated rings. The summed E-state index contributed by atoms with van der Waals surface area (Å²) in [5, 5.41) is 8.10. The molecular formula is C22H28FN7O2. The summed E-state index contributed by atoms with van der Waals surface area (Å²) in [6, 6.07) is 6.73. The number of hydrogen-bond acceptors (Lipinski definition) is 6. The van der Waals surface area contributed by atoms with Crippen LogP contribution in [0.4, 0.5) is 20.7 Å². The lowest BCUT2D eigenvalue weighted by Gasteiger charge is -2.36. The van der Waals surface area contributed by atoms with Crippen molar-refractivity contribution in [2.75, 3.05) is 50.0 Å². The topological polar surface area (TPSA) is 102 Å². The van der Waals surface area contributed by atoms with Gasteiger partial charge in [-0.05, 0) is 48.6 Å². The number of anilines is 2. The van der Waals surface area contributed by atoms with Gasteiger partial charge in [0, 0.05) is 52.5 Å². The van der Waals surface area contributed by atoms with Gasteiger partial charge in [-0.2, -0.15) is 4.39 Å². The molecule has 0 aromatic carbocycles. The zero-order valence-corrected chi connectivity index (χ0v) is 18.1. The minimum absolute atomic E-state index is 0.0655. The molecule has 0 radical (unpaired) electrons. The Hall–Kier alpha value is -3.27. The maximum absolute atomic E-state index is 14.4. The standard InChI is InChI=1S/C22H28FN7O2/c1-24-21(31)17-4-5-18(20(23)27-17)30-10-8-29(9-11-30)14-16-6-7-25-19(12-16)28-22(32)26-13-15-2-3-15/h4-7,12,15H,2-3,8-11,13-14H2,1H3,(H,24,31)(H2,25,26,28,32). The van der Waals surface area contributed by atoms with E-state index >= 15 is 0 Å². The monoisotopic (exact) mass is 441 g/mol. The van der Waals surface area contributed by atoms with Crippen LogP contribution in [0.1, 0.15) is 28.9 Å². The van der Waals surface area contributed by atoms with E-state index in [1.165, 1.54) is 26.0 Å². The third-order valence-electron chi connectivity index (χ3n) is 5.72. The van der Waals surface area contributed by atoms with Gasteiger partial charge in [-0.3, -0.25) is 15.0 Å². The van der Waals surface area contributed by atoms with Gasteiger partial charge >= 0.3 is 6.03 Å². The minimum Gasteiger partial charge on any atom is -0.365 e. The van der Waals surface area contributed by atoms with Gasteiger partial charge in [0.15, 0.2) is 0 Å². The Morgan fingerprint density at radius 2 is 1.94 bits per heavy atom. The predicted molar refractivity (Wildman–Crippen MR) is 119 cm³/mol. The van der Waals surface area contributed by atoms with Crippen molar-refractivity contribution >= 4 is 23.4 Å². The van der Waals surface area contributed by atoms with E-state index in [0.29, 0.717) is 43.6 Å². The lowest BCUT2D eigenvalue weighted by atomic mass is 10.2. The van der Waals surface area contributed by atoms with Crippen molar-refractivity contribution in [2.24, 2.45) is 5.92 Å². The lowest BCUT2D eigenvalue weighted by Crippen LogP contribution is -2.46. The molecule has 1 saturated heterocycles. The van der Waals surface area contributed by atoms with Crippen molar-refractivity contribution in [3.05, 3.63) is 47.7 Å². The summed E-state index contributed by atoms with van der Waals surface area (Å²) in [5.41, 5.74) is 1.52. The number of urea groups is 1. The van der Waals surface area contributed by atoms with Crippen LogP contribution in [0.3, 0.4) is 0 Å². The largest absolute Gasteiger partial charge is 0.365 e. The summed E-state index contributed by atoms with van der Waals surface area (Å²) in [6.07, 6.45) is 4.06. The first-order valence-corrected chi connectivity index (χ1v) is 10.9. The average Bonchev–Trinajstić information content (AvgIpc) is 3.63. The third kappa shape index (κ3) is 5.70. The van der Waals surface area contributed by atoms with E-state index in [-0.39, 0.29) is 11.7 Å². The SMILES string of the molecule is CNC(=O)c1ccc(N2CCN(Cc3ccnc(NC(=O)NCC4CC4)c3)CC2)c(F)n1. The Morgan fingerprint density at radius 1 is 1.16 bits per heavy atom. The quantitative estimate of drug-likeness (QED) is 0.567. The Bertz CT molecular complexity index is 975. The van der Waals surface area contributed by atoms with E-state index in [0.717, 1.165) is 18.7 Å². The van der Waals surface area contributed by atoms with Gasteiger partial charge in [0.2, 0.25) is 5.95 Å². The number of aromatic nitrogens is 2. The van der Waals surface area contributed by atoms with E-state index < -0.39 is 11.9 Å². The van der Waals surface area contributed by atoms with Gasteiger partial charge in [0.1, 0.15) is 11.5 Å². The highest BCUT2D eigenvalue weighted by Crippen LogP contribution is 2.27. The smallest absolute Gasteiger partial charge is 0.320 e. The number of hydrogen-bond donors (Lipinski definition) is 3. The van der Waals surface area contributed by atoms with Crippen molar-refractivity contribution in [1.82, 2.24) is 25.5 Å². The molecule has 10 heteroatoms. The molecule has 32 heavy (non-hydrogen) atoms. The van der Waals surface area contributed by atoms with Crippen molar-refractivity contribution < 1.29 is 14.0 Å². The molecule has 0 unspecified atom stereocenters.